The van der Waals surface area contributed by atoms with Crippen molar-refractivity contribution in [3.63, 3.8) is 0 Å². The van der Waals surface area contributed by atoms with E-state index in [0.29, 0.717) is 11.6 Å². The minimum Gasteiger partial charge on any atom is -0.480 e. The maximum atomic E-state index is 4.83. The highest BCUT2D eigenvalue weighted by atomic mass is 16.6. The average molecular weight is 155 g/mol. The lowest BCUT2D eigenvalue weighted by molar-refractivity contribution is 0.120. The molecule has 1 heterocycles. The largest absolute Gasteiger partial charge is 0.480 e. The molecule has 0 amide bonds. The number of hydrogen-bond acceptors (Lipinski definition) is 5. The molecule has 5 nitrogen and oxygen atoms in total. The molecule has 0 saturated heterocycles. The number of hydrogen-bond donors (Lipinski definition) is 1. The molecule has 0 aliphatic rings. The van der Waals surface area contributed by atoms with Gasteiger partial charge in [-0.15, -0.1) is 10.2 Å². The quantitative estimate of drug-likeness (QED) is 0.616. The lowest BCUT2D eigenvalue weighted by Crippen LogP contribution is -2.02. The first-order valence-electron chi connectivity index (χ1n) is 3.05. The zero-order valence-electron chi connectivity index (χ0n) is 6.15. The Morgan fingerprint density at radius 1 is 1.45 bits per heavy atom. The molecule has 60 valence electrons. The predicted molar refractivity (Wildman–Crippen MR) is 37.6 cm³/mol. The van der Waals surface area contributed by atoms with Gasteiger partial charge in [0, 0.05) is 6.07 Å². The summed E-state index contributed by atoms with van der Waals surface area (Å²) in [5, 5.41) is 7.47. The topological polar surface area (TPSA) is 70.3 Å². The monoisotopic (exact) mass is 155 g/mol. The van der Waals surface area contributed by atoms with Crippen LogP contribution >= 0.6 is 0 Å². The van der Waals surface area contributed by atoms with Crippen LogP contribution in [0.3, 0.4) is 0 Å². The summed E-state index contributed by atoms with van der Waals surface area (Å²) >= 11 is 0. The van der Waals surface area contributed by atoms with Crippen LogP contribution < -0.4 is 10.6 Å². The van der Waals surface area contributed by atoms with E-state index in [2.05, 4.69) is 15.0 Å². The van der Waals surface area contributed by atoms with Gasteiger partial charge in [0.25, 0.3) is 0 Å². The Balaban J connectivity index is 2.66. The molecule has 0 aromatic carbocycles. The summed E-state index contributed by atoms with van der Waals surface area (Å²) in [5.74, 6) is 5.31. The number of aromatic nitrogens is 2. The number of rotatable bonds is 3. The van der Waals surface area contributed by atoms with E-state index in [9.17, 15) is 0 Å². The summed E-state index contributed by atoms with van der Waals surface area (Å²) in [6, 6.07) is 3.43. The molecule has 5 heteroatoms. The van der Waals surface area contributed by atoms with Crippen LogP contribution in [0.1, 0.15) is 5.69 Å². The maximum absolute atomic E-state index is 4.83. The number of nitrogens with zero attached hydrogens (tertiary/aromatic N) is 2. The summed E-state index contributed by atoms with van der Waals surface area (Å²) < 4.78 is 4.80. The molecule has 1 aromatic rings. The average Bonchev–Trinajstić information content (AvgIpc) is 2.07. The van der Waals surface area contributed by atoms with Crippen molar-refractivity contribution in [2.75, 3.05) is 7.11 Å². The standard InChI is InChI=1S/C6H9N3O2/c1-10-6-3-2-5(4-11-7)8-9-6/h2-3H,4,7H2,1H3. The summed E-state index contributed by atoms with van der Waals surface area (Å²) in [6.07, 6.45) is 0. The van der Waals surface area contributed by atoms with E-state index in [-0.39, 0.29) is 6.61 Å². The third kappa shape index (κ3) is 2.14. The van der Waals surface area contributed by atoms with Crippen LogP contribution in [0, 0.1) is 0 Å². The Hall–Kier alpha value is -1.20. The van der Waals surface area contributed by atoms with Gasteiger partial charge in [0.05, 0.1) is 12.8 Å². The highest BCUT2D eigenvalue weighted by Crippen LogP contribution is 2.03. The van der Waals surface area contributed by atoms with E-state index in [1.165, 1.54) is 7.11 Å². The lowest BCUT2D eigenvalue weighted by atomic mass is 10.4. The maximum Gasteiger partial charge on any atom is 0.233 e. The van der Waals surface area contributed by atoms with Gasteiger partial charge in [-0.3, -0.25) is 4.84 Å². The van der Waals surface area contributed by atoms with Gasteiger partial charge in [-0.25, -0.2) is 5.90 Å². The smallest absolute Gasteiger partial charge is 0.233 e. The van der Waals surface area contributed by atoms with Gasteiger partial charge in [-0.05, 0) is 6.07 Å². The fraction of sp³-hybridized carbons (Fsp3) is 0.333. The van der Waals surface area contributed by atoms with Crippen molar-refractivity contribution in [1.82, 2.24) is 10.2 Å². The van der Waals surface area contributed by atoms with E-state index in [1.807, 2.05) is 0 Å². The molecule has 1 rings (SSSR count). The van der Waals surface area contributed by atoms with Crippen molar-refractivity contribution < 1.29 is 9.57 Å². The molecule has 11 heavy (non-hydrogen) atoms. The second-order valence-corrected chi connectivity index (χ2v) is 1.88. The van der Waals surface area contributed by atoms with Crippen LogP contribution in [-0.2, 0) is 11.4 Å². The van der Waals surface area contributed by atoms with E-state index in [0.717, 1.165) is 0 Å². The first kappa shape index (κ1) is 7.90. The zero-order valence-corrected chi connectivity index (χ0v) is 6.15. The molecular formula is C6H9N3O2. The van der Waals surface area contributed by atoms with Crippen molar-refractivity contribution >= 4 is 0 Å². The van der Waals surface area contributed by atoms with Crippen molar-refractivity contribution in [1.29, 1.82) is 0 Å². The third-order valence-corrected chi connectivity index (χ3v) is 1.14. The molecule has 0 aliphatic carbocycles. The Morgan fingerprint density at radius 3 is 2.73 bits per heavy atom. The van der Waals surface area contributed by atoms with Crippen LogP contribution in [0.4, 0.5) is 0 Å². The third-order valence-electron chi connectivity index (χ3n) is 1.14. The predicted octanol–water partition coefficient (Wildman–Crippen LogP) is -0.125. The van der Waals surface area contributed by atoms with E-state index in [4.69, 9.17) is 10.6 Å². The van der Waals surface area contributed by atoms with Gasteiger partial charge in [0.2, 0.25) is 5.88 Å². The van der Waals surface area contributed by atoms with Crippen LogP contribution in [0.25, 0.3) is 0 Å². The number of ether oxygens (including phenoxy) is 1. The highest BCUT2D eigenvalue weighted by Gasteiger charge is 1.95. The first-order chi connectivity index (χ1) is 5.36. The Bertz CT molecular complexity index is 212. The molecule has 0 unspecified atom stereocenters. The molecule has 0 radical (unpaired) electrons. The molecule has 0 atom stereocenters. The summed E-state index contributed by atoms with van der Waals surface area (Å²) in [5.41, 5.74) is 0.674. The summed E-state index contributed by atoms with van der Waals surface area (Å²) in [4.78, 5) is 4.36. The second-order valence-electron chi connectivity index (χ2n) is 1.88. The van der Waals surface area contributed by atoms with Gasteiger partial charge in [-0.2, -0.15) is 0 Å². The Labute approximate surface area is 64.1 Å². The molecule has 1 aromatic heterocycles. The van der Waals surface area contributed by atoms with Gasteiger partial charge in [-0.1, -0.05) is 0 Å². The van der Waals surface area contributed by atoms with Crippen LogP contribution in [0.2, 0.25) is 0 Å². The number of nitrogens with two attached hydrogens (primary N) is 1. The molecule has 0 aliphatic heterocycles. The minimum atomic E-state index is 0.261. The molecule has 0 bridgehead atoms. The van der Waals surface area contributed by atoms with E-state index >= 15 is 0 Å². The SMILES string of the molecule is COc1ccc(CON)nn1. The zero-order chi connectivity index (χ0) is 8.10. The molecular weight excluding hydrogens is 146 g/mol. The molecule has 0 saturated carbocycles. The number of methoxy groups -OCH3 is 1. The van der Waals surface area contributed by atoms with Crippen molar-refractivity contribution in [2.45, 2.75) is 6.61 Å². The van der Waals surface area contributed by atoms with Crippen molar-refractivity contribution in [3.8, 4) is 5.88 Å². The Morgan fingerprint density at radius 2 is 2.27 bits per heavy atom. The van der Waals surface area contributed by atoms with Crippen molar-refractivity contribution in [3.05, 3.63) is 17.8 Å². The normalized spacial score (nSPS) is 9.64. The van der Waals surface area contributed by atoms with Crippen LogP contribution in [0.15, 0.2) is 12.1 Å². The Kier molecular flexibility index (Phi) is 2.76. The first-order valence-corrected chi connectivity index (χ1v) is 3.05. The summed E-state index contributed by atoms with van der Waals surface area (Å²) in [6.45, 7) is 0.261. The van der Waals surface area contributed by atoms with E-state index in [1.54, 1.807) is 12.1 Å². The molecule has 0 spiro atoms. The van der Waals surface area contributed by atoms with Gasteiger partial charge >= 0.3 is 0 Å². The van der Waals surface area contributed by atoms with Gasteiger partial charge in [0.1, 0.15) is 6.61 Å². The minimum absolute atomic E-state index is 0.261. The van der Waals surface area contributed by atoms with Crippen LogP contribution in [-0.4, -0.2) is 17.3 Å². The second kappa shape index (κ2) is 3.85. The molecule has 2 N–H and O–H groups in total. The molecule has 0 fully saturated rings. The fourth-order valence-corrected chi connectivity index (χ4v) is 0.619. The highest BCUT2D eigenvalue weighted by molar-refractivity contribution is 5.10. The lowest BCUT2D eigenvalue weighted by Gasteiger charge is -1.98. The van der Waals surface area contributed by atoms with Gasteiger partial charge < -0.3 is 4.74 Å². The van der Waals surface area contributed by atoms with Crippen LogP contribution in [0.5, 0.6) is 5.88 Å². The fourth-order valence-electron chi connectivity index (χ4n) is 0.619. The summed E-state index contributed by atoms with van der Waals surface area (Å²) in [7, 11) is 1.53. The van der Waals surface area contributed by atoms with E-state index < -0.39 is 0 Å². The van der Waals surface area contributed by atoms with Crippen molar-refractivity contribution in [2.24, 2.45) is 5.90 Å². The van der Waals surface area contributed by atoms with Gasteiger partial charge in [0.15, 0.2) is 0 Å².